The Morgan fingerprint density at radius 3 is 2.49 bits per heavy atom. The van der Waals surface area contributed by atoms with E-state index in [0.29, 0.717) is 32.8 Å². The van der Waals surface area contributed by atoms with Crippen molar-refractivity contribution in [3.8, 4) is 11.3 Å². The van der Waals surface area contributed by atoms with Crippen LogP contribution in [0.25, 0.3) is 22.2 Å². The zero-order valence-corrected chi connectivity index (χ0v) is 22.8. The van der Waals surface area contributed by atoms with Gasteiger partial charge in [0, 0.05) is 47.6 Å². The second-order valence-corrected chi connectivity index (χ2v) is 10.9. The lowest BCUT2D eigenvalue weighted by atomic mass is 9.92. The molecule has 5 nitrogen and oxygen atoms in total. The van der Waals surface area contributed by atoms with Gasteiger partial charge in [0.2, 0.25) is 5.91 Å². The quantitative estimate of drug-likeness (QED) is 0.370. The van der Waals surface area contributed by atoms with Crippen LogP contribution in [-0.2, 0) is 22.5 Å². The molecule has 2 unspecified atom stereocenters. The third kappa shape index (κ3) is 4.41. The molecule has 0 bridgehead atoms. The van der Waals surface area contributed by atoms with Crippen molar-refractivity contribution in [2.45, 2.75) is 72.3 Å². The molecule has 2 atom stereocenters. The number of carbonyl (C=O) groups excluding carboxylic acids is 2. The van der Waals surface area contributed by atoms with Crippen molar-refractivity contribution in [2.24, 2.45) is 5.41 Å². The number of rotatable bonds is 5. The summed E-state index contributed by atoms with van der Waals surface area (Å²) in [5.74, 6) is 0.581. The number of hydrogen-bond acceptors (Lipinski definition) is 3. The second-order valence-electron chi connectivity index (χ2n) is 10.9. The molecule has 37 heavy (non-hydrogen) atoms. The molecule has 2 aliphatic heterocycles. The minimum absolute atomic E-state index is 0.0741. The minimum atomic E-state index is -0.418. The number of carbonyl (C=O) groups is 2. The van der Waals surface area contributed by atoms with Gasteiger partial charge in [-0.25, -0.2) is 0 Å². The maximum atomic E-state index is 14.0. The number of nitrogens with zero attached hydrogens (tertiary/aromatic N) is 2. The molecule has 2 fully saturated rings. The lowest BCUT2D eigenvalue weighted by molar-refractivity contribution is -0.141. The zero-order valence-electron chi connectivity index (χ0n) is 22.8. The molecule has 2 aromatic carbocycles. The molecule has 5 heteroatoms. The molecule has 1 saturated carbocycles. The topological polar surface area (TPSA) is 51.5 Å². The number of fused-ring (bicyclic) bond motifs is 7. The van der Waals surface area contributed by atoms with Gasteiger partial charge in [0.1, 0.15) is 0 Å². The maximum absolute atomic E-state index is 14.0. The molecule has 1 aliphatic carbocycles. The smallest absolute Gasteiger partial charge is 0.231 e. The van der Waals surface area contributed by atoms with E-state index >= 15 is 0 Å². The number of ketones is 1. The Morgan fingerprint density at radius 1 is 1.05 bits per heavy atom. The molecule has 196 valence electrons. The van der Waals surface area contributed by atoms with E-state index in [0.717, 1.165) is 36.8 Å². The third-order valence-corrected chi connectivity index (χ3v) is 8.19. The van der Waals surface area contributed by atoms with Crippen LogP contribution in [0.1, 0.15) is 80.8 Å². The van der Waals surface area contributed by atoms with Gasteiger partial charge in [0.05, 0.1) is 24.3 Å². The van der Waals surface area contributed by atoms with Crippen molar-refractivity contribution < 1.29 is 14.3 Å². The van der Waals surface area contributed by atoms with E-state index in [1.165, 1.54) is 34.2 Å². The Labute approximate surface area is 220 Å². The van der Waals surface area contributed by atoms with Gasteiger partial charge in [-0.2, -0.15) is 0 Å². The van der Waals surface area contributed by atoms with Crippen molar-refractivity contribution in [3.05, 3.63) is 59.2 Å². The third-order valence-electron chi connectivity index (χ3n) is 8.19. The molecular formula is C32H40N2O3. The fraction of sp³-hybridized carbons (Fsp3) is 0.500. The molecule has 0 spiro atoms. The van der Waals surface area contributed by atoms with Gasteiger partial charge in [0.25, 0.3) is 0 Å². The first-order valence-electron chi connectivity index (χ1n) is 14.1. The lowest BCUT2D eigenvalue weighted by Crippen LogP contribution is -2.45. The molecule has 1 saturated heterocycles. The van der Waals surface area contributed by atoms with Crippen LogP contribution in [0.3, 0.4) is 0 Å². The summed E-state index contributed by atoms with van der Waals surface area (Å²) in [7, 11) is 0. The number of aromatic nitrogens is 1. The predicted octanol–water partition coefficient (Wildman–Crippen LogP) is 6.62. The van der Waals surface area contributed by atoms with E-state index in [2.05, 4.69) is 61.7 Å². The summed E-state index contributed by atoms with van der Waals surface area (Å²) in [5, 5.41) is 1.22. The van der Waals surface area contributed by atoms with Gasteiger partial charge in [0.15, 0.2) is 5.78 Å². The van der Waals surface area contributed by atoms with Crippen LogP contribution >= 0.6 is 0 Å². The van der Waals surface area contributed by atoms with Gasteiger partial charge in [-0.05, 0) is 43.4 Å². The van der Waals surface area contributed by atoms with Crippen molar-refractivity contribution in [3.63, 3.8) is 0 Å². The Kier molecular flexibility index (Phi) is 7.26. The highest BCUT2D eigenvalue weighted by Crippen LogP contribution is 2.65. The Balaban J connectivity index is 0.000000892. The maximum Gasteiger partial charge on any atom is 0.231 e. The standard InChI is InChI=1S/C29H32N2O3.C3H8/c1-3-4-7-24-22-11-10-20(19(2)32)16-26(22)31-18-29(28(33)30-12-14-34-15-13-30)17-25(29)21-8-5-6-9-23(21)27(24)31;1-3-2/h5-6,8-11,16,25H,3-4,7,12-15,17-18H2,1-2H3;3H2,1-2H3. The average Bonchev–Trinajstić information content (AvgIpc) is 3.59. The van der Waals surface area contributed by atoms with E-state index in [9.17, 15) is 9.59 Å². The Hall–Kier alpha value is -2.92. The average molecular weight is 501 g/mol. The molecule has 1 aromatic heterocycles. The summed E-state index contributed by atoms with van der Waals surface area (Å²) in [5.41, 5.74) is 6.57. The van der Waals surface area contributed by atoms with Crippen molar-refractivity contribution in [2.75, 3.05) is 26.3 Å². The van der Waals surface area contributed by atoms with E-state index in [1.807, 2.05) is 11.0 Å². The lowest BCUT2D eigenvalue weighted by Gasteiger charge is -2.31. The molecule has 0 N–H and O–H groups in total. The van der Waals surface area contributed by atoms with Crippen LogP contribution in [0.15, 0.2) is 42.5 Å². The van der Waals surface area contributed by atoms with E-state index in [1.54, 1.807) is 6.92 Å². The van der Waals surface area contributed by atoms with Crippen LogP contribution in [0.4, 0.5) is 0 Å². The zero-order chi connectivity index (χ0) is 26.2. The number of morpholine rings is 1. The second kappa shape index (κ2) is 10.4. The van der Waals surface area contributed by atoms with Gasteiger partial charge in [-0.3, -0.25) is 9.59 Å². The van der Waals surface area contributed by atoms with Crippen molar-refractivity contribution in [1.82, 2.24) is 9.47 Å². The predicted molar refractivity (Wildman–Crippen MR) is 149 cm³/mol. The number of aryl methyl sites for hydroxylation is 1. The summed E-state index contributed by atoms with van der Waals surface area (Å²) in [6, 6.07) is 14.8. The normalized spacial score (nSPS) is 21.7. The van der Waals surface area contributed by atoms with Gasteiger partial charge < -0.3 is 14.2 Å². The first-order chi connectivity index (χ1) is 18.0. The number of ether oxygens (including phenoxy) is 1. The molecule has 0 radical (unpaired) electrons. The minimum Gasteiger partial charge on any atom is -0.378 e. The van der Waals surface area contributed by atoms with Crippen LogP contribution < -0.4 is 0 Å². The Bertz CT molecular complexity index is 1320. The fourth-order valence-corrected chi connectivity index (χ4v) is 6.29. The van der Waals surface area contributed by atoms with E-state index in [-0.39, 0.29) is 17.6 Å². The van der Waals surface area contributed by atoms with Crippen LogP contribution in [-0.4, -0.2) is 47.5 Å². The summed E-state index contributed by atoms with van der Waals surface area (Å²) in [4.78, 5) is 28.3. The van der Waals surface area contributed by atoms with Crippen LogP contribution in [0, 0.1) is 5.41 Å². The highest BCUT2D eigenvalue weighted by Gasteiger charge is 2.63. The number of hydrogen-bond donors (Lipinski definition) is 0. The number of Topliss-reactive ketones (excluding diaryl/α,β-unsaturated/α-hetero) is 1. The number of benzene rings is 2. The molecule has 3 aromatic rings. The van der Waals surface area contributed by atoms with Gasteiger partial charge in [-0.15, -0.1) is 0 Å². The number of amides is 1. The molecule has 3 aliphatic rings. The van der Waals surface area contributed by atoms with Gasteiger partial charge >= 0.3 is 0 Å². The Morgan fingerprint density at radius 2 is 1.78 bits per heavy atom. The molecule has 1 amide bonds. The van der Waals surface area contributed by atoms with Crippen molar-refractivity contribution >= 4 is 22.6 Å². The highest BCUT2D eigenvalue weighted by atomic mass is 16.5. The summed E-state index contributed by atoms with van der Waals surface area (Å²) >= 11 is 0. The summed E-state index contributed by atoms with van der Waals surface area (Å²) in [6.45, 7) is 11.3. The number of unbranched alkanes of at least 4 members (excludes halogenated alkanes) is 1. The van der Waals surface area contributed by atoms with Crippen LogP contribution in [0.2, 0.25) is 0 Å². The van der Waals surface area contributed by atoms with Gasteiger partial charge in [-0.1, -0.05) is 70.0 Å². The first kappa shape index (κ1) is 25.7. The molecular weight excluding hydrogens is 460 g/mol. The van der Waals surface area contributed by atoms with E-state index < -0.39 is 5.41 Å². The van der Waals surface area contributed by atoms with Crippen molar-refractivity contribution in [1.29, 1.82) is 0 Å². The summed E-state index contributed by atoms with van der Waals surface area (Å²) < 4.78 is 7.91. The highest BCUT2D eigenvalue weighted by molar-refractivity contribution is 6.01. The van der Waals surface area contributed by atoms with E-state index in [4.69, 9.17) is 4.74 Å². The summed E-state index contributed by atoms with van der Waals surface area (Å²) in [6.07, 6.45) is 5.37. The van der Waals surface area contributed by atoms with Crippen LogP contribution in [0.5, 0.6) is 0 Å². The fourth-order valence-electron chi connectivity index (χ4n) is 6.29. The SMILES string of the molecule is CCC.CCCCc1c2n(c3cc(C(C)=O)ccc13)CC1(C(=O)N3CCOCC3)CC1c1ccccc1-2. The molecule has 3 heterocycles. The molecule has 6 rings (SSSR count). The first-order valence-corrected chi connectivity index (χ1v) is 14.1. The largest absolute Gasteiger partial charge is 0.378 e. The monoisotopic (exact) mass is 500 g/mol.